The predicted octanol–water partition coefficient (Wildman–Crippen LogP) is 2.59. The topological polar surface area (TPSA) is 113 Å². The van der Waals surface area contributed by atoms with Crippen LogP contribution in [0.1, 0.15) is 18.2 Å². The Bertz CT molecular complexity index is 1100. The lowest BCUT2D eigenvalue weighted by Crippen LogP contribution is -2.18. The van der Waals surface area contributed by atoms with Crippen LogP contribution in [0.2, 0.25) is 0 Å². The van der Waals surface area contributed by atoms with E-state index in [0.29, 0.717) is 11.5 Å². The number of amides is 1. The predicted molar refractivity (Wildman–Crippen MR) is 100 cm³/mol. The zero-order valence-corrected chi connectivity index (χ0v) is 15.2. The van der Waals surface area contributed by atoms with Crippen molar-refractivity contribution in [3.8, 4) is 17.1 Å². The van der Waals surface area contributed by atoms with Gasteiger partial charge in [0, 0.05) is 24.1 Å². The quantitative estimate of drug-likeness (QED) is 0.596. The van der Waals surface area contributed by atoms with Gasteiger partial charge in [0.2, 0.25) is 5.91 Å². The number of anilines is 1. The van der Waals surface area contributed by atoms with Crippen LogP contribution in [0.3, 0.4) is 0 Å². The zero-order valence-electron chi connectivity index (χ0n) is 14.4. The number of ether oxygens (including phenoxy) is 1. The Morgan fingerprint density at radius 2 is 2.19 bits per heavy atom. The van der Waals surface area contributed by atoms with Crippen LogP contribution in [-0.4, -0.2) is 27.1 Å². The van der Waals surface area contributed by atoms with Crippen LogP contribution in [0.25, 0.3) is 11.3 Å². The third-order valence-corrected chi connectivity index (χ3v) is 4.32. The van der Waals surface area contributed by atoms with E-state index in [1.54, 1.807) is 6.07 Å². The smallest absolute Gasteiger partial charge is 0.253 e. The number of aromatic amines is 2. The Kier molecular flexibility index (Phi) is 4.36. The minimum absolute atomic E-state index is 0.00197. The molecule has 1 aliphatic heterocycles. The third-order valence-electron chi connectivity index (χ3n) is 4.12. The van der Waals surface area contributed by atoms with Crippen molar-refractivity contribution in [3.63, 3.8) is 0 Å². The molecule has 0 aliphatic carbocycles. The van der Waals surface area contributed by atoms with Gasteiger partial charge in [0.05, 0.1) is 12.1 Å². The molecule has 4 rings (SSSR count). The summed E-state index contributed by atoms with van der Waals surface area (Å²) in [6, 6.07) is 8.77. The molecule has 3 N–H and O–H groups in total. The molecule has 27 heavy (non-hydrogen) atoms. The molecule has 0 radical (unpaired) electrons. The van der Waals surface area contributed by atoms with Crippen molar-refractivity contribution in [2.45, 2.75) is 25.9 Å². The Labute approximate surface area is 158 Å². The number of benzene rings is 1. The Balaban J connectivity index is 1.47. The summed E-state index contributed by atoms with van der Waals surface area (Å²) in [6.45, 7) is 2.03. The van der Waals surface area contributed by atoms with Gasteiger partial charge < -0.3 is 19.6 Å². The number of nitrogens with zero attached hydrogens (tertiary/aromatic N) is 1. The second kappa shape index (κ2) is 6.84. The second-order valence-corrected chi connectivity index (χ2v) is 6.77. The van der Waals surface area contributed by atoms with Gasteiger partial charge in [-0.15, -0.1) is 0 Å². The summed E-state index contributed by atoms with van der Waals surface area (Å²) >= 11 is 4.87. The van der Waals surface area contributed by atoms with E-state index in [0.717, 1.165) is 23.3 Å². The highest BCUT2D eigenvalue weighted by Crippen LogP contribution is 2.33. The maximum Gasteiger partial charge on any atom is 0.253 e. The van der Waals surface area contributed by atoms with E-state index in [1.165, 1.54) is 6.07 Å². The molecule has 1 unspecified atom stereocenters. The molecule has 3 aromatic rings. The molecule has 2 aromatic heterocycles. The van der Waals surface area contributed by atoms with Crippen LogP contribution in [0.15, 0.2) is 39.6 Å². The molecule has 0 saturated heterocycles. The Morgan fingerprint density at radius 1 is 1.33 bits per heavy atom. The van der Waals surface area contributed by atoms with Crippen molar-refractivity contribution in [3.05, 3.63) is 56.7 Å². The maximum absolute atomic E-state index is 12.2. The molecule has 0 bridgehead atoms. The Hall–Kier alpha value is -3.20. The van der Waals surface area contributed by atoms with Crippen LogP contribution in [0.5, 0.6) is 5.75 Å². The van der Waals surface area contributed by atoms with Crippen LogP contribution in [0, 0.1) is 4.77 Å². The molecule has 0 saturated carbocycles. The summed E-state index contributed by atoms with van der Waals surface area (Å²) < 4.78 is 11.2. The number of nitrogens with one attached hydrogen (secondary N) is 3. The van der Waals surface area contributed by atoms with Gasteiger partial charge >= 0.3 is 0 Å². The molecule has 1 amide bonds. The second-order valence-electron chi connectivity index (χ2n) is 6.36. The van der Waals surface area contributed by atoms with Gasteiger partial charge in [-0.25, -0.2) is 0 Å². The molecule has 9 heteroatoms. The van der Waals surface area contributed by atoms with Crippen molar-refractivity contribution in [2.24, 2.45) is 0 Å². The number of carbonyl (C=O) groups is 1. The van der Waals surface area contributed by atoms with Gasteiger partial charge in [0.25, 0.3) is 5.56 Å². The number of H-pyrrole nitrogens is 2. The Morgan fingerprint density at radius 3 is 3.00 bits per heavy atom. The largest absolute Gasteiger partial charge is 0.490 e. The summed E-state index contributed by atoms with van der Waals surface area (Å²) in [6.07, 6.45) is 1.02. The SMILES string of the molecule is CC1Cc2cc(-c3cc(CC(=O)Nc4cc(=O)[nH]c(=S)[nH]4)no3)ccc2O1. The van der Waals surface area contributed by atoms with Crippen molar-refractivity contribution >= 4 is 23.9 Å². The minimum Gasteiger partial charge on any atom is -0.490 e. The van der Waals surface area contributed by atoms with Gasteiger partial charge in [-0.2, -0.15) is 0 Å². The van der Waals surface area contributed by atoms with E-state index >= 15 is 0 Å². The number of fused-ring (bicyclic) bond motifs is 1. The highest BCUT2D eigenvalue weighted by Gasteiger charge is 2.20. The number of rotatable bonds is 4. The van der Waals surface area contributed by atoms with Gasteiger partial charge in [-0.05, 0) is 42.9 Å². The first-order valence-electron chi connectivity index (χ1n) is 8.35. The molecular formula is C18H16N4O4S. The van der Waals surface area contributed by atoms with Crippen molar-refractivity contribution in [2.75, 3.05) is 5.32 Å². The molecule has 1 aromatic carbocycles. The van der Waals surface area contributed by atoms with Crippen molar-refractivity contribution in [1.82, 2.24) is 15.1 Å². The number of hydrogen-bond donors (Lipinski definition) is 3. The lowest BCUT2D eigenvalue weighted by atomic mass is 10.1. The number of aromatic nitrogens is 3. The van der Waals surface area contributed by atoms with Crippen LogP contribution < -0.4 is 15.6 Å². The van der Waals surface area contributed by atoms with E-state index in [4.69, 9.17) is 21.5 Å². The highest BCUT2D eigenvalue weighted by molar-refractivity contribution is 7.71. The summed E-state index contributed by atoms with van der Waals surface area (Å²) in [5.41, 5.74) is 2.09. The molecule has 0 fully saturated rings. The standard InChI is InChI=1S/C18H16N4O4S/c1-9-4-11-5-10(2-3-13(11)25-9)14-6-12(22-26-14)7-16(23)19-15-8-17(24)21-18(27)20-15/h2-3,5-6,8-9H,4,7H2,1H3,(H3,19,20,21,23,24,27). The fourth-order valence-electron chi connectivity index (χ4n) is 3.00. The van der Waals surface area contributed by atoms with Crippen LogP contribution in [-0.2, 0) is 17.6 Å². The normalized spacial score (nSPS) is 15.2. The molecule has 138 valence electrons. The highest BCUT2D eigenvalue weighted by atomic mass is 32.1. The van der Waals surface area contributed by atoms with Crippen LogP contribution in [0.4, 0.5) is 5.82 Å². The summed E-state index contributed by atoms with van der Waals surface area (Å²) in [7, 11) is 0. The molecule has 3 heterocycles. The molecule has 1 aliphatic rings. The first-order chi connectivity index (χ1) is 13.0. The first kappa shape index (κ1) is 17.2. The van der Waals surface area contributed by atoms with E-state index in [-0.39, 0.29) is 29.0 Å². The van der Waals surface area contributed by atoms with E-state index in [9.17, 15) is 9.59 Å². The minimum atomic E-state index is -0.396. The number of carbonyl (C=O) groups excluding carboxylic acids is 1. The molecule has 1 atom stereocenters. The van der Waals surface area contributed by atoms with Crippen molar-refractivity contribution in [1.29, 1.82) is 0 Å². The summed E-state index contributed by atoms with van der Waals surface area (Å²) in [5, 5.41) is 6.53. The summed E-state index contributed by atoms with van der Waals surface area (Å²) in [4.78, 5) is 28.6. The molecule has 8 nitrogen and oxygen atoms in total. The van der Waals surface area contributed by atoms with E-state index < -0.39 is 5.56 Å². The van der Waals surface area contributed by atoms with E-state index in [1.807, 2.05) is 25.1 Å². The first-order valence-corrected chi connectivity index (χ1v) is 8.76. The van der Waals surface area contributed by atoms with Gasteiger partial charge in [-0.1, -0.05) is 5.16 Å². The molecule has 0 spiro atoms. The van der Waals surface area contributed by atoms with Gasteiger partial charge in [0.1, 0.15) is 17.7 Å². The van der Waals surface area contributed by atoms with Crippen molar-refractivity contribution < 1.29 is 14.1 Å². The zero-order chi connectivity index (χ0) is 19.0. The fraction of sp³-hybridized carbons (Fsp3) is 0.222. The lowest BCUT2D eigenvalue weighted by molar-refractivity contribution is -0.115. The average molecular weight is 384 g/mol. The van der Waals surface area contributed by atoms with Gasteiger partial charge in [0.15, 0.2) is 10.5 Å². The van der Waals surface area contributed by atoms with E-state index in [2.05, 4.69) is 20.4 Å². The maximum atomic E-state index is 12.2. The molecular weight excluding hydrogens is 368 g/mol. The van der Waals surface area contributed by atoms with Crippen LogP contribution >= 0.6 is 12.2 Å². The fourth-order valence-corrected chi connectivity index (χ4v) is 3.21. The lowest BCUT2D eigenvalue weighted by Gasteiger charge is -2.02. The average Bonchev–Trinajstić information content (AvgIpc) is 3.18. The number of hydrogen-bond acceptors (Lipinski definition) is 6. The third kappa shape index (κ3) is 3.82. The van der Waals surface area contributed by atoms with Gasteiger partial charge in [-0.3, -0.25) is 14.6 Å². The summed E-state index contributed by atoms with van der Waals surface area (Å²) in [5.74, 6) is 1.35. The monoisotopic (exact) mass is 384 g/mol.